The Bertz CT molecular complexity index is 6070. The van der Waals surface area contributed by atoms with E-state index in [-0.39, 0.29) is 16.6 Å². The first-order chi connectivity index (χ1) is 67.6. The van der Waals surface area contributed by atoms with E-state index in [2.05, 4.69) is 181 Å². The molecule has 0 atom stereocenters. The first-order valence-electron chi connectivity index (χ1n) is 53.3. The van der Waals surface area contributed by atoms with Crippen molar-refractivity contribution in [3.05, 3.63) is 159 Å². The minimum Gasteiger partial charge on any atom is -0.493 e. The number of aryl methyl sites for hydroxylation is 6. The van der Waals surface area contributed by atoms with Crippen LogP contribution in [0.5, 0.6) is 51.7 Å². The number of fused-ring (bicyclic) bond motifs is 15. The second kappa shape index (κ2) is 45.4. The van der Waals surface area contributed by atoms with Crippen LogP contribution in [0.1, 0.15) is 250 Å². The molecule has 22 heteroatoms. The van der Waals surface area contributed by atoms with Gasteiger partial charge in [0, 0.05) is 164 Å². The molecule has 5 aromatic heterocycles. The largest absolute Gasteiger partial charge is 0.493 e. The van der Waals surface area contributed by atoms with E-state index < -0.39 is 0 Å². The van der Waals surface area contributed by atoms with Crippen molar-refractivity contribution in [3.63, 3.8) is 0 Å². The lowest BCUT2D eigenvalue weighted by molar-refractivity contribution is 0.254. The fourth-order valence-corrected chi connectivity index (χ4v) is 23.0. The molecule has 3 aliphatic carbocycles. The molecule has 11 aliphatic rings. The number of likely N-dealkylation sites (tertiary alicyclic amines) is 5. The highest BCUT2D eigenvalue weighted by atomic mass is 16.5. The van der Waals surface area contributed by atoms with Crippen LogP contribution in [0.4, 0.5) is 17.1 Å². The average Bonchev–Trinajstić information content (AvgIpc) is 1.55. The van der Waals surface area contributed by atoms with Crippen molar-refractivity contribution >= 4 is 71.6 Å². The number of aromatic nitrogens is 5. The number of anilines is 3. The maximum atomic E-state index is 6.19. The number of methoxy groups -OCH3 is 4. The lowest BCUT2D eigenvalue weighted by Crippen LogP contribution is -2.35. The molecular weight excluding hydrogens is 1730 g/mol. The molecule has 11 aromatic rings. The van der Waals surface area contributed by atoms with Crippen LogP contribution in [0, 0.1) is 20.8 Å². The molecule has 5 saturated heterocycles. The molecule has 6 fully saturated rings. The van der Waals surface area contributed by atoms with E-state index in [1.54, 1.807) is 28.4 Å². The fourth-order valence-electron chi connectivity index (χ4n) is 23.0. The highest BCUT2D eigenvalue weighted by molar-refractivity contribution is 6.01. The monoisotopic (exact) mass is 1890 g/mol. The van der Waals surface area contributed by atoms with Gasteiger partial charge in [0.25, 0.3) is 0 Å². The maximum absolute atomic E-state index is 6.19. The van der Waals surface area contributed by atoms with Gasteiger partial charge in [-0.2, -0.15) is 0 Å². The summed E-state index contributed by atoms with van der Waals surface area (Å²) in [7, 11) is 6.88. The molecule has 0 bridgehead atoms. The van der Waals surface area contributed by atoms with Crippen LogP contribution in [0.25, 0.3) is 65.8 Å². The van der Waals surface area contributed by atoms with E-state index in [9.17, 15) is 0 Å². The summed E-state index contributed by atoms with van der Waals surface area (Å²) in [6.45, 7) is 41.6. The number of rotatable bonds is 31. The van der Waals surface area contributed by atoms with Crippen LogP contribution in [-0.4, -0.2) is 226 Å². The van der Waals surface area contributed by atoms with E-state index in [1.807, 2.05) is 24.4 Å². The molecule has 744 valence electrons. The Morgan fingerprint density at radius 2 is 0.691 bits per heavy atom. The van der Waals surface area contributed by atoms with Crippen molar-refractivity contribution in [2.75, 3.05) is 176 Å². The Morgan fingerprint density at radius 1 is 0.331 bits per heavy atom. The zero-order valence-electron chi connectivity index (χ0n) is 86.1. The number of nitrogens with one attached hydrogen (secondary N) is 3. The Balaban J connectivity index is 0.000000116. The minimum absolute atomic E-state index is 0.0141. The summed E-state index contributed by atoms with van der Waals surface area (Å²) in [5.74, 6) is 8.02. The summed E-state index contributed by atoms with van der Waals surface area (Å²) in [4.78, 5) is 37.3. The number of pyridine rings is 5. The summed E-state index contributed by atoms with van der Waals surface area (Å²) in [5, 5.41) is 17.2. The van der Waals surface area contributed by atoms with Crippen LogP contribution in [0.15, 0.2) is 97.2 Å². The molecule has 0 radical (unpaired) electrons. The fraction of sp³-hybridized carbons (Fsp3) is 0.564. The van der Waals surface area contributed by atoms with Gasteiger partial charge in [-0.15, -0.1) is 0 Å². The van der Waals surface area contributed by atoms with Gasteiger partial charge < -0.3 is 83.1 Å². The topological polar surface area (TPSA) is 200 Å². The van der Waals surface area contributed by atoms with Gasteiger partial charge in [-0.3, -0.25) is 19.9 Å². The molecule has 22 nitrogen and oxygen atoms in total. The molecule has 13 heterocycles. The molecule has 1 saturated carbocycles. The average molecular weight is 1890 g/mol. The Morgan fingerprint density at radius 3 is 1.14 bits per heavy atom. The smallest absolute Gasteiger partial charge is 0.163 e. The molecule has 3 N–H and O–H groups in total. The first-order valence-corrected chi connectivity index (χ1v) is 53.3. The molecule has 0 unspecified atom stereocenters. The first kappa shape index (κ1) is 98.9. The number of hydrogen-bond donors (Lipinski definition) is 3. The van der Waals surface area contributed by atoms with Gasteiger partial charge in [-0.1, -0.05) is 30.3 Å². The zero-order chi connectivity index (χ0) is 96.2. The van der Waals surface area contributed by atoms with E-state index in [0.717, 1.165) is 235 Å². The van der Waals surface area contributed by atoms with Gasteiger partial charge >= 0.3 is 0 Å². The number of benzene rings is 6. The molecular formula is C117H157N13O9. The standard InChI is InChI=1S/C27H33N3O2.C25H35N3O2.C22H31N3O2.C22H30N2O2.C21H28N2O/c1-27(2)18-21-25(19-10-5-4-6-11-19)28-22-17-24(23(31-3)16-20(22)26(21)29-27)32-15-9-14-30-12-7-8-13-30;1-25(2)10-9-18-23(17-7-8-17)26-20-16-22(21(29-3)15-19(20)24(18)27-25)30-14-6-13-28-11-4-5-12-28;1-22(2)8-7-16-15-23-18-14-20(19(26-3)13-17(18)21(16)24-22)27-12-6-11-25-9-4-5-10-25;1-16-17-8-3-4-9-18(17)19-14-21(25-2)22(15-20(19)23-16)26-13-7-12-24-10-5-6-11-24;1-15-13-19-18-8-5-7-17(18)16(2)22-20(19)14-21(15)24-12-6-11-23-9-3-4-10-23/h4-6,10-11,16-17,29H,7-9,12-15,18H2,1-3H3;15-17,27H,4-14H2,1-3H3;13-15,24H,4-12H2,1-3H3;14-15H,3-13H2,1-2H3;13-14H,3-12H2,1-2H3. The van der Waals surface area contributed by atoms with Crippen molar-refractivity contribution < 1.29 is 42.6 Å². The lowest BCUT2D eigenvalue weighted by Gasteiger charge is -2.35. The van der Waals surface area contributed by atoms with Gasteiger partial charge in [0.1, 0.15) is 5.75 Å². The summed E-state index contributed by atoms with van der Waals surface area (Å²) in [5.41, 5.74) is 25.9. The Hall–Kier alpha value is -10.2. The van der Waals surface area contributed by atoms with Gasteiger partial charge in [-0.25, -0.2) is 4.98 Å². The summed E-state index contributed by atoms with van der Waals surface area (Å²) in [6.07, 6.45) is 37.0. The molecule has 22 rings (SSSR count). The van der Waals surface area contributed by atoms with Crippen molar-refractivity contribution in [2.45, 2.75) is 271 Å². The summed E-state index contributed by atoms with van der Waals surface area (Å²) >= 11 is 0. The minimum atomic E-state index is -0.0141. The van der Waals surface area contributed by atoms with E-state index >= 15 is 0 Å². The maximum Gasteiger partial charge on any atom is 0.163 e. The lowest BCUT2D eigenvalue weighted by atomic mass is 9.86. The normalized spacial score (nSPS) is 18.5. The molecule has 0 amide bonds. The summed E-state index contributed by atoms with van der Waals surface area (Å²) in [6, 6.07) is 31.6. The van der Waals surface area contributed by atoms with E-state index in [1.165, 1.54) is 258 Å². The van der Waals surface area contributed by atoms with Gasteiger partial charge in [0.15, 0.2) is 46.0 Å². The third kappa shape index (κ3) is 24.2. The van der Waals surface area contributed by atoms with Crippen molar-refractivity contribution in [2.24, 2.45) is 0 Å². The van der Waals surface area contributed by atoms with Crippen molar-refractivity contribution in [3.8, 4) is 63.0 Å². The predicted molar refractivity (Wildman–Crippen MR) is 568 cm³/mol. The molecule has 0 spiro atoms. The second-order valence-electron chi connectivity index (χ2n) is 43.0. The number of ether oxygens (including phenoxy) is 9. The van der Waals surface area contributed by atoms with Crippen LogP contribution in [0.2, 0.25) is 0 Å². The van der Waals surface area contributed by atoms with Crippen LogP contribution >= 0.6 is 0 Å². The Labute approximate surface area is 827 Å². The second-order valence-corrected chi connectivity index (χ2v) is 43.0. The van der Waals surface area contributed by atoms with E-state index in [0.29, 0.717) is 25.7 Å². The third-order valence-corrected chi connectivity index (χ3v) is 30.8. The number of nitrogens with zero attached hydrogens (tertiary/aromatic N) is 10. The third-order valence-electron chi connectivity index (χ3n) is 30.8. The van der Waals surface area contributed by atoms with Crippen LogP contribution < -0.4 is 58.6 Å². The SMILES string of the molecule is COc1cc2c3c(c(-c4ccccc4)nc2cc1OCCCN1CCCC1)CC(C)(C)N3.COc1cc2c3c(c(C)nc2cc1OCCCN1CCCC1)CCCC3.COc1cc2c3c(c(C4CC4)nc2cc1OCCCN1CCCC1)CCC(C)(C)N3.COc1cc2c3c(cnc2cc1OCCCN1CCCC1)CCC(C)(C)N3.Cc1cc2c3c(c(C)nc2cc1OCCCN1CCCC1)CCC3. The van der Waals surface area contributed by atoms with Gasteiger partial charge in [0.05, 0.1) is 94.8 Å². The van der Waals surface area contributed by atoms with Crippen LogP contribution in [0.3, 0.4) is 0 Å². The number of hydrogen-bond acceptors (Lipinski definition) is 22. The van der Waals surface area contributed by atoms with Crippen LogP contribution in [-0.2, 0) is 44.9 Å². The molecule has 8 aliphatic heterocycles. The highest BCUT2D eigenvalue weighted by Crippen LogP contribution is 2.51. The highest BCUT2D eigenvalue weighted by Gasteiger charge is 2.37. The Kier molecular flexibility index (Phi) is 32.3. The van der Waals surface area contributed by atoms with Gasteiger partial charge in [-0.05, 0) is 383 Å². The van der Waals surface area contributed by atoms with Crippen molar-refractivity contribution in [1.82, 2.24) is 49.4 Å². The van der Waals surface area contributed by atoms with Gasteiger partial charge in [0.2, 0.25) is 0 Å². The predicted octanol–water partition coefficient (Wildman–Crippen LogP) is 23.4. The molecule has 139 heavy (non-hydrogen) atoms. The quantitative estimate of drug-likeness (QED) is 0.0346. The molecule has 6 aromatic carbocycles. The van der Waals surface area contributed by atoms with Crippen molar-refractivity contribution in [1.29, 1.82) is 0 Å². The summed E-state index contributed by atoms with van der Waals surface area (Å²) < 4.78 is 53.4. The zero-order valence-corrected chi connectivity index (χ0v) is 86.1. The van der Waals surface area contributed by atoms with E-state index in [4.69, 9.17) is 62.6 Å².